The molecule has 1 aliphatic carbocycles. The maximum atomic E-state index is 10.7. The Labute approximate surface area is 107 Å². The number of fused-ring (bicyclic) bond motifs is 1. The van der Waals surface area contributed by atoms with Gasteiger partial charge in [0.2, 0.25) is 0 Å². The van der Waals surface area contributed by atoms with Crippen LogP contribution in [0.25, 0.3) is 0 Å². The highest BCUT2D eigenvalue weighted by Gasteiger charge is 2.36. The van der Waals surface area contributed by atoms with Gasteiger partial charge in [-0.2, -0.15) is 0 Å². The normalized spacial score (nSPS) is 26.2. The molecule has 0 bridgehead atoms. The van der Waals surface area contributed by atoms with Gasteiger partial charge >= 0.3 is 0 Å². The molecule has 0 fully saturated rings. The Morgan fingerprint density at radius 1 is 1.39 bits per heavy atom. The van der Waals surface area contributed by atoms with Crippen molar-refractivity contribution in [2.45, 2.75) is 24.9 Å². The molecule has 0 saturated heterocycles. The lowest BCUT2D eigenvalue weighted by Gasteiger charge is -2.26. The van der Waals surface area contributed by atoms with E-state index in [0.717, 1.165) is 43.9 Å². The number of guanidine groups is 1. The van der Waals surface area contributed by atoms with Crippen LogP contribution in [-0.2, 0) is 12.0 Å². The zero-order chi connectivity index (χ0) is 12.4. The quantitative estimate of drug-likeness (QED) is 0.721. The summed E-state index contributed by atoms with van der Waals surface area (Å²) >= 11 is 0. The number of nitrogens with one attached hydrogen (secondary N) is 2. The first-order valence-electron chi connectivity index (χ1n) is 6.61. The summed E-state index contributed by atoms with van der Waals surface area (Å²) in [7, 11) is 0. The third kappa shape index (κ3) is 2.08. The van der Waals surface area contributed by atoms with Crippen LogP contribution in [0.15, 0.2) is 29.3 Å². The van der Waals surface area contributed by atoms with Crippen molar-refractivity contribution in [3.8, 4) is 0 Å². The molecular weight excluding hydrogens is 226 g/mol. The second-order valence-electron chi connectivity index (χ2n) is 5.05. The standard InChI is InChI=1S/C14H19N3O/c18-14(10-17-13-15-8-3-9-16-13)7-6-11-4-1-2-5-12(11)14/h1-2,4-5,18H,3,6-10H2,(H2,15,16,17). The van der Waals surface area contributed by atoms with Gasteiger partial charge in [0, 0.05) is 13.1 Å². The van der Waals surface area contributed by atoms with Crippen LogP contribution in [0.3, 0.4) is 0 Å². The van der Waals surface area contributed by atoms with Crippen molar-refractivity contribution in [2.24, 2.45) is 4.99 Å². The third-order valence-corrected chi connectivity index (χ3v) is 3.77. The Hall–Kier alpha value is -1.55. The fourth-order valence-electron chi connectivity index (χ4n) is 2.73. The van der Waals surface area contributed by atoms with Crippen LogP contribution in [0, 0.1) is 0 Å². The summed E-state index contributed by atoms with van der Waals surface area (Å²) in [5.74, 6) is 0.819. The molecule has 1 aliphatic heterocycles. The molecule has 1 atom stereocenters. The van der Waals surface area contributed by atoms with E-state index in [2.05, 4.69) is 21.7 Å². The molecule has 0 amide bonds. The van der Waals surface area contributed by atoms with Crippen LogP contribution in [-0.4, -0.2) is 30.7 Å². The lowest BCUT2D eigenvalue weighted by molar-refractivity contribution is 0.0431. The molecule has 4 heteroatoms. The SMILES string of the molecule is OC1(CNC2=NCCCN2)CCc2ccccc21. The van der Waals surface area contributed by atoms with Crippen molar-refractivity contribution in [1.82, 2.24) is 10.6 Å². The minimum atomic E-state index is -0.752. The molecular formula is C14H19N3O. The molecule has 3 rings (SSSR count). The number of aliphatic hydroxyl groups is 1. The van der Waals surface area contributed by atoms with E-state index >= 15 is 0 Å². The summed E-state index contributed by atoms with van der Waals surface area (Å²) in [6.07, 6.45) is 2.82. The van der Waals surface area contributed by atoms with E-state index in [4.69, 9.17) is 0 Å². The van der Waals surface area contributed by atoms with Crippen molar-refractivity contribution >= 4 is 5.96 Å². The number of rotatable bonds is 2. The number of aryl methyl sites for hydroxylation is 1. The maximum Gasteiger partial charge on any atom is 0.191 e. The van der Waals surface area contributed by atoms with Crippen LogP contribution >= 0.6 is 0 Å². The van der Waals surface area contributed by atoms with Crippen molar-refractivity contribution in [3.05, 3.63) is 35.4 Å². The molecule has 0 spiro atoms. The smallest absolute Gasteiger partial charge is 0.191 e. The minimum absolute atomic E-state index is 0.524. The van der Waals surface area contributed by atoms with Crippen molar-refractivity contribution in [3.63, 3.8) is 0 Å². The van der Waals surface area contributed by atoms with Crippen molar-refractivity contribution < 1.29 is 5.11 Å². The monoisotopic (exact) mass is 245 g/mol. The van der Waals surface area contributed by atoms with E-state index in [-0.39, 0.29) is 0 Å². The molecule has 96 valence electrons. The Morgan fingerprint density at radius 3 is 3.11 bits per heavy atom. The second kappa shape index (κ2) is 4.61. The predicted octanol–water partition coefficient (Wildman–Crippen LogP) is 0.759. The third-order valence-electron chi connectivity index (χ3n) is 3.77. The van der Waals surface area contributed by atoms with Crippen molar-refractivity contribution in [1.29, 1.82) is 0 Å². The molecule has 2 aliphatic rings. The van der Waals surface area contributed by atoms with E-state index in [0.29, 0.717) is 6.54 Å². The topological polar surface area (TPSA) is 56.6 Å². The summed E-state index contributed by atoms with van der Waals surface area (Å²) in [6.45, 7) is 2.35. The zero-order valence-electron chi connectivity index (χ0n) is 10.4. The van der Waals surface area contributed by atoms with E-state index in [1.54, 1.807) is 0 Å². The fraction of sp³-hybridized carbons (Fsp3) is 0.500. The summed E-state index contributed by atoms with van der Waals surface area (Å²) in [4.78, 5) is 4.36. The summed E-state index contributed by atoms with van der Waals surface area (Å²) < 4.78 is 0. The van der Waals surface area contributed by atoms with Gasteiger partial charge in [-0.3, -0.25) is 4.99 Å². The molecule has 18 heavy (non-hydrogen) atoms. The van der Waals surface area contributed by atoms with E-state index in [1.165, 1.54) is 5.56 Å². The summed E-state index contributed by atoms with van der Waals surface area (Å²) in [6, 6.07) is 8.15. The molecule has 1 heterocycles. The van der Waals surface area contributed by atoms with Gasteiger partial charge in [-0.25, -0.2) is 0 Å². The number of hydrogen-bond donors (Lipinski definition) is 3. The highest BCUT2D eigenvalue weighted by molar-refractivity contribution is 5.80. The van der Waals surface area contributed by atoms with Gasteiger partial charge in [-0.15, -0.1) is 0 Å². The average Bonchev–Trinajstić information content (AvgIpc) is 2.77. The largest absolute Gasteiger partial charge is 0.383 e. The minimum Gasteiger partial charge on any atom is -0.383 e. The van der Waals surface area contributed by atoms with Gasteiger partial charge in [0.1, 0.15) is 5.60 Å². The Bertz CT molecular complexity index is 472. The molecule has 4 nitrogen and oxygen atoms in total. The first-order valence-corrected chi connectivity index (χ1v) is 6.61. The second-order valence-corrected chi connectivity index (χ2v) is 5.05. The van der Waals surface area contributed by atoms with Crippen LogP contribution in [0.4, 0.5) is 0 Å². The number of aliphatic imine (C=N–C) groups is 1. The molecule has 3 N–H and O–H groups in total. The van der Waals surface area contributed by atoms with E-state index in [9.17, 15) is 5.11 Å². The maximum absolute atomic E-state index is 10.7. The Morgan fingerprint density at radius 2 is 2.28 bits per heavy atom. The van der Waals surface area contributed by atoms with Crippen molar-refractivity contribution in [2.75, 3.05) is 19.6 Å². The van der Waals surface area contributed by atoms with Gasteiger partial charge in [-0.05, 0) is 30.4 Å². The van der Waals surface area contributed by atoms with Gasteiger partial charge in [0.15, 0.2) is 5.96 Å². The highest BCUT2D eigenvalue weighted by atomic mass is 16.3. The Balaban J connectivity index is 1.71. The Kier molecular flexibility index (Phi) is 2.96. The van der Waals surface area contributed by atoms with Crippen LogP contribution < -0.4 is 10.6 Å². The molecule has 1 aromatic carbocycles. The molecule has 1 aromatic rings. The van der Waals surface area contributed by atoms with Gasteiger partial charge in [0.25, 0.3) is 0 Å². The predicted molar refractivity (Wildman–Crippen MR) is 71.6 cm³/mol. The van der Waals surface area contributed by atoms with Crippen LogP contribution in [0.2, 0.25) is 0 Å². The number of hydrogen-bond acceptors (Lipinski definition) is 4. The van der Waals surface area contributed by atoms with Gasteiger partial charge in [0.05, 0.1) is 6.54 Å². The van der Waals surface area contributed by atoms with Crippen LogP contribution in [0.1, 0.15) is 24.0 Å². The van der Waals surface area contributed by atoms with E-state index in [1.807, 2.05) is 18.2 Å². The first-order chi connectivity index (χ1) is 8.78. The number of benzene rings is 1. The van der Waals surface area contributed by atoms with Gasteiger partial charge < -0.3 is 15.7 Å². The fourth-order valence-corrected chi connectivity index (χ4v) is 2.73. The van der Waals surface area contributed by atoms with Gasteiger partial charge in [-0.1, -0.05) is 24.3 Å². The lowest BCUT2D eigenvalue weighted by atomic mass is 9.96. The van der Waals surface area contributed by atoms with E-state index < -0.39 is 5.60 Å². The molecule has 0 aromatic heterocycles. The molecule has 1 unspecified atom stereocenters. The lowest BCUT2D eigenvalue weighted by Crippen LogP contribution is -2.46. The molecule has 0 radical (unpaired) electrons. The average molecular weight is 245 g/mol. The number of nitrogens with zero attached hydrogens (tertiary/aromatic N) is 1. The van der Waals surface area contributed by atoms with Crippen LogP contribution in [0.5, 0.6) is 0 Å². The summed E-state index contributed by atoms with van der Waals surface area (Å²) in [5, 5.41) is 17.2. The first kappa shape index (κ1) is 11.5. The highest BCUT2D eigenvalue weighted by Crippen LogP contribution is 2.36. The molecule has 0 saturated carbocycles. The zero-order valence-corrected chi connectivity index (χ0v) is 10.4. The summed E-state index contributed by atoms with van der Waals surface area (Å²) in [5.41, 5.74) is 1.58.